The molecule has 0 unspecified atom stereocenters. The summed E-state index contributed by atoms with van der Waals surface area (Å²) in [4.78, 5) is 9.47. The molecule has 3 heteroatoms. The minimum atomic E-state index is -0.481. The van der Waals surface area contributed by atoms with E-state index in [-0.39, 0.29) is 0 Å². The maximum atomic E-state index is 9.47. The third kappa shape index (κ3) is 7.47. The van der Waals surface area contributed by atoms with Gasteiger partial charge < -0.3 is 5.73 Å². The normalized spacial score (nSPS) is 7.83. The molecule has 12 heavy (non-hydrogen) atoms. The molecule has 1 aromatic rings. The third-order valence-corrected chi connectivity index (χ3v) is 2.88. The summed E-state index contributed by atoms with van der Waals surface area (Å²) >= 11 is 0.810. The number of carbonyl (C=O) groups is 1. The van der Waals surface area contributed by atoms with Crippen molar-refractivity contribution in [2.75, 3.05) is 0 Å². The van der Waals surface area contributed by atoms with Gasteiger partial charge in [0.1, 0.15) is 0 Å². The number of primary amides is 1. The standard InChI is InChI=1S/C6H5.C3H5NO.Hg/c1-2-4-6-5-3-1;1-2-3(4)5;/h1-5H;2H,1H2,(H2,4,5);. The molecule has 0 aromatic heterocycles. The average molecular weight is 349 g/mol. The molecule has 0 radical (unpaired) electrons. The van der Waals surface area contributed by atoms with E-state index in [2.05, 4.69) is 42.6 Å². The Morgan fingerprint density at radius 3 is 2.00 bits per heavy atom. The minimum absolute atomic E-state index is 0.481. The van der Waals surface area contributed by atoms with Crippen LogP contribution in [0.5, 0.6) is 0 Å². The first-order valence-corrected chi connectivity index (χ1v) is 6.20. The summed E-state index contributed by atoms with van der Waals surface area (Å²) < 4.78 is 1.52. The van der Waals surface area contributed by atoms with E-state index in [4.69, 9.17) is 0 Å². The van der Waals surface area contributed by atoms with Gasteiger partial charge in [0.25, 0.3) is 0 Å². The van der Waals surface area contributed by atoms with Gasteiger partial charge in [-0.1, -0.05) is 6.58 Å². The van der Waals surface area contributed by atoms with Crippen LogP contribution in [0.4, 0.5) is 0 Å². The monoisotopic (exact) mass is 350 g/mol. The van der Waals surface area contributed by atoms with Crippen molar-refractivity contribution in [3.8, 4) is 0 Å². The van der Waals surface area contributed by atoms with Crippen LogP contribution in [-0.2, 0) is 30.9 Å². The van der Waals surface area contributed by atoms with E-state index >= 15 is 0 Å². The molecule has 0 atom stereocenters. The van der Waals surface area contributed by atoms with Crippen LogP contribution in [-0.4, -0.2) is 5.91 Å². The molecule has 0 aliphatic rings. The second-order valence-electron chi connectivity index (χ2n) is 2.09. The summed E-state index contributed by atoms with van der Waals surface area (Å²) in [6.07, 6.45) is 1.06. The molecule has 2 nitrogen and oxygen atoms in total. The van der Waals surface area contributed by atoms with Crippen LogP contribution >= 0.6 is 0 Å². The van der Waals surface area contributed by atoms with Crippen molar-refractivity contribution in [2.45, 2.75) is 0 Å². The SMILES string of the molecule is C=CC(N)=O.[Hg][c]1ccccc1. The van der Waals surface area contributed by atoms with Crippen molar-refractivity contribution in [1.29, 1.82) is 0 Å². The first-order valence-electron chi connectivity index (χ1n) is 3.45. The molecule has 0 saturated heterocycles. The second kappa shape index (κ2) is 7.04. The van der Waals surface area contributed by atoms with Crippen molar-refractivity contribution < 1.29 is 30.9 Å². The van der Waals surface area contributed by atoms with Crippen LogP contribution in [0.15, 0.2) is 43.0 Å². The Kier molecular flexibility index (Phi) is 6.67. The summed E-state index contributed by atoms with van der Waals surface area (Å²) in [6, 6.07) is 10.6. The summed E-state index contributed by atoms with van der Waals surface area (Å²) in [5.74, 6) is -0.481. The van der Waals surface area contributed by atoms with E-state index in [1.165, 1.54) is 3.07 Å². The van der Waals surface area contributed by atoms with Crippen molar-refractivity contribution in [2.24, 2.45) is 5.73 Å². The van der Waals surface area contributed by atoms with Crippen molar-refractivity contribution in [3.63, 3.8) is 0 Å². The van der Waals surface area contributed by atoms with E-state index in [9.17, 15) is 4.79 Å². The molecular weight excluding hydrogens is 339 g/mol. The van der Waals surface area contributed by atoms with Gasteiger partial charge in [0, 0.05) is 0 Å². The molecule has 0 heterocycles. The second-order valence-corrected chi connectivity index (χ2v) is 5.27. The molecule has 0 saturated carbocycles. The number of rotatable bonds is 1. The molecule has 0 aliphatic heterocycles. The molecule has 59 valence electrons. The average Bonchev–Trinajstić information content (AvgIpc) is 2.07. The zero-order valence-electron chi connectivity index (χ0n) is 6.86. The molecule has 1 aromatic carbocycles. The van der Waals surface area contributed by atoms with E-state index in [1.807, 2.05) is 0 Å². The van der Waals surface area contributed by atoms with E-state index in [0.717, 1.165) is 32.2 Å². The van der Waals surface area contributed by atoms with Gasteiger partial charge >= 0.3 is 59.5 Å². The molecule has 0 aliphatic carbocycles. The van der Waals surface area contributed by atoms with E-state index < -0.39 is 5.91 Å². The quantitative estimate of drug-likeness (QED) is 0.583. The van der Waals surface area contributed by atoms with Crippen LogP contribution in [0, 0.1) is 0 Å². The van der Waals surface area contributed by atoms with Crippen LogP contribution in [0.25, 0.3) is 0 Å². The number of hydrogen-bond acceptors (Lipinski definition) is 1. The van der Waals surface area contributed by atoms with Crippen LogP contribution in [0.1, 0.15) is 0 Å². The van der Waals surface area contributed by atoms with Gasteiger partial charge in [0.05, 0.1) is 0 Å². The summed E-state index contributed by atoms with van der Waals surface area (Å²) in [6.45, 7) is 3.09. The molecule has 1 amide bonds. The first-order chi connectivity index (χ1) is 5.66. The molecular formula is C9H10HgNO. The summed E-state index contributed by atoms with van der Waals surface area (Å²) in [7, 11) is 0. The van der Waals surface area contributed by atoms with Crippen LogP contribution in [0.2, 0.25) is 0 Å². The van der Waals surface area contributed by atoms with Gasteiger partial charge in [-0.25, -0.2) is 0 Å². The van der Waals surface area contributed by atoms with Crippen molar-refractivity contribution >= 4 is 8.98 Å². The Morgan fingerprint density at radius 2 is 1.83 bits per heavy atom. The van der Waals surface area contributed by atoms with Crippen molar-refractivity contribution in [1.82, 2.24) is 0 Å². The number of carbonyl (C=O) groups excluding carboxylic acids is 1. The molecule has 1 rings (SSSR count). The van der Waals surface area contributed by atoms with E-state index in [1.54, 1.807) is 0 Å². The number of nitrogens with two attached hydrogens (primary N) is 1. The fraction of sp³-hybridized carbons (Fsp3) is 0. The number of hydrogen-bond donors (Lipinski definition) is 1. The first kappa shape index (κ1) is 11.4. The van der Waals surface area contributed by atoms with Gasteiger partial charge in [-0.05, 0) is 6.08 Å². The van der Waals surface area contributed by atoms with Gasteiger partial charge in [-0.15, -0.1) is 0 Å². The van der Waals surface area contributed by atoms with Gasteiger partial charge in [-0.3, -0.25) is 4.79 Å². The summed E-state index contributed by atoms with van der Waals surface area (Å²) in [5.41, 5.74) is 4.53. The summed E-state index contributed by atoms with van der Waals surface area (Å²) in [5, 5.41) is 0. The Hall–Kier alpha value is -0.635. The predicted octanol–water partition coefficient (Wildman–Crippen LogP) is 0.516. The Morgan fingerprint density at radius 1 is 1.42 bits per heavy atom. The maximum absolute atomic E-state index is 9.47. The van der Waals surface area contributed by atoms with Gasteiger partial charge in [-0.2, -0.15) is 0 Å². The predicted molar refractivity (Wildman–Crippen MR) is 45.5 cm³/mol. The Balaban J connectivity index is 0.000000217. The molecule has 0 bridgehead atoms. The van der Waals surface area contributed by atoms with Crippen LogP contribution < -0.4 is 8.81 Å². The molecule has 0 fully saturated rings. The van der Waals surface area contributed by atoms with Gasteiger partial charge in [0.15, 0.2) is 0 Å². The van der Waals surface area contributed by atoms with Crippen LogP contribution in [0.3, 0.4) is 0 Å². The topological polar surface area (TPSA) is 43.1 Å². The van der Waals surface area contributed by atoms with E-state index in [0.29, 0.717) is 0 Å². The van der Waals surface area contributed by atoms with Gasteiger partial charge in [0.2, 0.25) is 5.91 Å². The Labute approximate surface area is 88.4 Å². The zero-order chi connectivity index (χ0) is 9.40. The molecule has 0 spiro atoms. The zero-order valence-corrected chi connectivity index (χ0v) is 12.4. The van der Waals surface area contributed by atoms with Crippen molar-refractivity contribution in [3.05, 3.63) is 43.0 Å². The fourth-order valence-electron chi connectivity index (χ4n) is 0.478. The molecule has 2 N–H and O–H groups in total. The number of amides is 1. The fourth-order valence-corrected chi connectivity index (χ4v) is 1.54. The number of benzene rings is 1. The third-order valence-electron chi connectivity index (χ3n) is 1.04. The Bertz CT molecular complexity index is 246.